The quantitative estimate of drug-likeness (QED) is 0.453. The van der Waals surface area contributed by atoms with Crippen LogP contribution in [-0.2, 0) is 4.74 Å². The lowest BCUT2D eigenvalue weighted by molar-refractivity contribution is 0.0594. The highest BCUT2D eigenvalue weighted by atomic mass is 127. The maximum absolute atomic E-state index is 13.3. The van der Waals surface area contributed by atoms with E-state index in [-0.39, 0.29) is 10.6 Å². The molecule has 13 heavy (non-hydrogen) atoms. The van der Waals surface area contributed by atoms with E-state index < -0.39 is 11.8 Å². The number of methoxy groups -OCH3 is 1. The average Bonchev–Trinajstić information content (AvgIpc) is 2.12. The van der Waals surface area contributed by atoms with Crippen LogP contribution >= 0.6 is 34.2 Å². The third-order valence-corrected chi connectivity index (χ3v) is 2.62. The van der Waals surface area contributed by atoms with Gasteiger partial charge in [-0.05, 0) is 34.7 Å². The molecule has 1 aromatic rings. The Bertz CT molecular complexity index is 354. The fraction of sp³-hybridized carbons (Fsp3) is 0.125. The number of halogens is 3. The van der Waals surface area contributed by atoms with E-state index >= 15 is 0 Å². The van der Waals surface area contributed by atoms with Crippen molar-refractivity contribution in [2.24, 2.45) is 0 Å². The maximum atomic E-state index is 13.3. The van der Waals surface area contributed by atoms with Crippen molar-refractivity contribution in [3.05, 3.63) is 32.1 Å². The molecule has 5 heteroatoms. The number of esters is 1. The number of hydrogen-bond acceptors (Lipinski definition) is 2. The van der Waals surface area contributed by atoms with Crippen molar-refractivity contribution in [3.8, 4) is 0 Å². The van der Waals surface area contributed by atoms with Gasteiger partial charge in [-0.3, -0.25) is 0 Å². The van der Waals surface area contributed by atoms with Crippen LogP contribution in [0.25, 0.3) is 0 Å². The van der Waals surface area contributed by atoms with Crippen LogP contribution in [0.5, 0.6) is 0 Å². The minimum Gasteiger partial charge on any atom is -0.465 e. The van der Waals surface area contributed by atoms with Gasteiger partial charge in [0.05, 0.1) is 12.1 Å². The summed E-state index contributed by atoms with van der Waals surface area (Å²) in [5.74, 6) is -1.45. The molecule has 0 heterocycles. The van der Waals surface area contributed by atoms with Crippen LogP contribution in [0.4, 0.5) is 4.39 Å². The summed E-state index contributed by atoms with van der Waals surface area (Å²) >= 11 is 7.34. The summed E-state index contributed by atoms with van der Waals surface area (Å²) in [6.07, 6.45) is 0. The van der Waals surface area contributed by atoms with Crippen molar-refractivity contribution in [1.29, 1.82) is 0 Å². The molecule has 0 amide bonds. The van der Waals surface area contributed by atoms with E-state index in [9.17, 15) is 9.18 Å². The molecule has 0 N–H and O–H groups in total. The van der Waals surface area contributed by atoms with E-state index in [4.69, 9.17) is 11.6 Å². The molecule has 0 spiro atoms. The minimum absolute atomic E-state index is 0.0826. The summed E-state index contributed by atoms with van der Waals surface area (Å²) in [5, 5.41) is -0.0826. The number of carbonyl (C=O) groups excluding carboxylic acids is 1. The summed E-state index contributed by atoms with van der Waals surface area (Å²) in [6.45, 7) is 0. The summed E-state index contributed by atoms with van der Waals surface area (Å²) in [5.41, 5.74) is -0.115. The zero-order valence-electron chi connectivity index (χ0n) is 6.61. The van der Waals surface area contributed by atoms with Gasteiger partial charge in [-0.25, -0.2) is 9.18 Å². The van der Waals surface area contributed by atoms with Crippen LogP contribution in [0.3, 0.4) is 0 Å². The Morgan fingerprint density at radius 2 is 2.23 bits per heavy atom. The fourth-order valence-electron chi connectivity index (χ4n) is 0.816. The van der Waals surface area contributed by atoms with Crippen LogP contribution in [0.1, 0.15) is 10.4 Å². The molecule has 0 atom stereocenters. The topological polar surface area (TPSA) is 26.3 Å². The molecule has 0 aliphatic carbocycles. The molecule has 0 fully saturated rings. The molecule has 1 rings (SSSR count). The predicted octanol–water partition coefficient (Wildman–Crippen LogP) is 2.87. The largest absolute Gasteiger partial charge is 0.465 e. The van der Waals surface area contributed by atoms with Crippen LogP contribution < -0.4 is 0 Å². The first-order valence-electron chi connectivity index (χ1n) is 3.29. The van der Waals surface area contributed by atoms with Crippen LogP contribution in [-0.4, -0.2) is 13.1 Å². The summed E-state index contributed by atoms with van der Waals surface area (Å²) in [6, 6.07) is 2.95. The molecule has 70 valence electrons. The van der Waals surface area contributed by atoms with Crippen molar-refractivity contribution >= 4 is 40.2 Å². The average molecular weight is 314 g/mol. The lowest BCUT2D eigenvalue weighted by Gasteiger charge is -2.04. The second-order valence-electron chi connectivity index (χ2n) is 2.21. The van der Waals surface area contributed by atoms with E-state index in [1.165, 1.54) is 13.2 Å². The van der Waals surface area contributed by atoms with Gasteiger partial charge in [-0.2, -0.15) is 0 Å². The van der Waals surface area contributed by atoms with Crippen molar-refractivity contribution in [3.63, 3.8) is 0 Å². The molecule has 0 bridgehead atoms. The Labute approximate surface area is 93.2 Å². The Morgan fingerprint density at radius 1 is 1.62 bits per heavy atom. The Kier molecular flexibility index (Phi) is 3.49. The normalized spacial score (nSPS) is 9.85. The molecular formula is C8H5ClFIO2. The molecule has 0 saturated heterocycles. The SMILES string of the molecule is COC(=O)c1c(I)ccc(Cl)c1F. The monoisotopic (exact) mass is 314 g/mol. The van der Waals surface area contributed by atoms with Gasteiger partial charge in [0.2, 0.25) is 0 Å². The van der Waals surface area contributed by atoms with E-state index in [1.807, 2.05) is 22.6 Å². The van der Waals surface area contributed by atoms with E-state index in [1.54, 1.807) is 6.07 Å². The van der Waals surface area contributed by atoms with Crippen LogP contribution in [0.15, 0.2) is 12.1 Å². The zero-order valence-corrected chi connectivity index (χ0v) is 9.52. The van der Waals surface area contributed by atoms with Crippen LogP contribution in [0, 0.1) is 9.39 Å². The highest BCUT2D eigenvalue weighted by molar-refractivity contribution is 14.1. The first kappa shape index (κ1) is 10.7. The molecule has 0 aliphatic rings. The van der Waals surface area contributed by atoms with Crippen molar-refractivity contribution in [1.82, 2.24) is 0 Å². The van der Waals surface area contributed by atoms with Gasteiger partial charge in [0.25, 0.3) is 0 Å². The number of ether oxygens (including phenoxy) is 1. The van der Waals surface area contributed by atoms with Crippen molar-refractivity contribution < 1.29 is 13.9 Å². The van der Waals surface area contributed by atoms with Gasteiger partial charge in [0, 0.05) is 3.57 Å². The van der Waals surface area contributed by atoms with E-state index in [0.29, 0.717) is 3.57 Å². The third kappa shape index (κ3) is 2.11. The molecule has 0 saturated carbocycles. The predicted molar refractivity (Wildman–Crippen MR) is 55.5 cm³/mol. The number of carbonyl (C=O) groups is 1. The molecule has 2 nitrogen and oxygen atoms in total. The standard InChI is InChI=1S/C8H5ClFIO2/c1-13-8(12)6-5(11)3-2-4(9)7(6)10/h2-3H,1H3. The smallest absolute Gasteiger partial charge is 0.341 e. The second-order valence-corrected chi connectivity index (χ2v) is 3.78. The molecule has 0 radical (unpaired) electrons. The van der Waals surface area contributed by atoms with E-state index in [2.05, 4.69) is 4.74 Å². The van der Waals surface area contributed by atoms with Crippen molar-refractivity contribution in [2.45, 2.75) is 0 Å². The Hall–Kier alpha value is -0.360. The lowest BCUT2D eigenvalue weighted by Crippen LogP contribution is -2.07. The third-order valence-electron chi connectivity index (χ3n) is 1.43. The lowest BCUT2D eigenvalue weighted by atomic mass is 10.2. The van der Waals surface area contributed by atoms with Gasteiger partial charge in [0.1, 0.15) is 5.56 Å². The fourth-order valence-corrected chi connectivity index (χ4v) is 1.61. The summed E-state index contributed by atoms with van der Waals surface area (Å²) in [7, 11) is 1.19. The summed E-state index contributed by atoms with van der Waals surface area (Å²) < 4.78 is 18.2. The first-order chi connectivity index (χ1) is 6.07. The first-order valence-corrected chi connectivity index (χ1v) is 4.75. The van der Waals surface area contributed by atoms with Gasteiger partial charge >= 0.3 is 5.97 Å². The molecule has 0 unspecified atom stereocenters. The van der Waals surface area contributed by atoms with Gasteiger partial charge in [-0.15, -0.1) is 0 Å². The minimum atomic E-state index is -0.736. The Balaban J connectivity index is 3.33. The van der Waals surface area contributed by atoms with Gasteiger partial charge in [-0.1, -0.05) is 11.6 Å². The maximum Gasteiger partial charge on any atom is 0.341 e. The molecule has 0 aromatic heterocycles. The highest BCUT2D eigenvalue weighted by Gasteiger charge is 2.18. The Morgan fingerprint density at radius 3 is 2.77 bits per heavy atom. The number of hydrogen-bond donors (Lipinski definition) is 0. The number of benzene rings is 1. The van der Waals surface area contributed by atoms with Gasteiger partial charge < -0.3 is 4.74 Å². The van der Waals surface area contributed by atoms with Gasteiger partial charge in [0.15, 0.2) is 5.82 Å². The molecular weight excluding hydrogens is 309 g/mol. The second kappa shape index (κ2) is 4.23. The van der Waals surface area contributed by atoms with Crippen LogP contribution in [0.2, 0.25) is 5.02 Å². The zero-order chi connectivity index (χ0) is 10.0. The van der Waals surface area contributed by atoms with E-state index in [0.717, 1.165) is 0 Å². The highest BCUT2D eigenvalue weighted by Crippen LogP contribution is 2.23. The number of rotatable bonds is 1. The van der Waals surface area contributed by atoms with Crippen molar-refractivity contribution in [2.75, 3.05) is 7.11 Å². The molecule has 0 aliphatic heterocycles. The summed E-state index contributed by atoms with van der Waals surface area (Å²) in [4.78, 5) is 11.1. The molecule has 1 aromatic carbocycles.